The van der Waals surface area contributed by atoms with Crippen molar-refractivity contribution in [2.24, 2.45) is 5.73 Å². The summed E-state index contributed by atoms with van der Waals surface area (Å²) in [5.74, 6) is 0. The van der Waals surface area contributed by atoms with E-state index in [0.29, 0.717) is 6.61 Å². The smallest absolute Gasteiger partial charge is 0.117 e. The summed E-state index contributed by atoms with van der Waals surface area (Å²) in [5.41, 5.74) is 6.93. The summed E-state index contributed by atoms with van der Waals surface area (Å²) in [6, 6.07) is 10.2. The largest absolute Gasteiger partial charge is 0.356 e. The Morgan fingerprint density at radius 1 is 1.14 bits per heavy atom. The second kappa shape index (κ2) is 4.11. The van der Waals surface area contributed by atoms with E-state index in [1.54, 1.807) is 0 Å². The molecule has 0 spiro atoms. The molecule has 2 N–H and O–H groups in total. The lowest BCUT2D eigenvalue weighted by Crippen LogP contribution is -2.39. The van der Waals surface area contributed by atoms with E-state index in [0.717, 1.165) is 12.8 Å². The molecule has 1 aliphatic rings. The zero-order valence-corrected chi connectivity index (χ0v) is 8.41. The van der Waals surface area contributed by atoms with Gasteiger partial charge < -0.3 is 10.5 Å². The van der Waals surface area contributed by atoms with Crippen LogP contribution in [0.15, 0.2) is 30.3 Å². The van der Waals surface area contributed by atoms with Crippen LogP contribution < -0.4 is 5.73 Å². The SMILES string of the molecule is NC1(OCc2ccccc2)CCCC1. The molecule has 1 saturated carbocycles. The Kier molecular flexibility index (Phi) is 2.85. The molecular weight excluding hydrogens is 174 g/mol. The summed E-state index contributed by atoms with van der Waals surface area (Å²) in [6.07, 6.45) is 4.40. The van der Waals surface area contributed by atoms with Gasteiger partial charge in [0, 0.05) is 0 Å². The van der Waals surface area contributed by atoms with Crippen molar-refractivity contribution in [2.45, 2.75) is 38.0 Å². The monoisotopic (exact) mass is 191 g/mol. The molecule has 1 fully saturated rings. The van der Waals surface area contributed by atoms with E-state index in [1.807, 2.05) is 18.2 Å². The Labute approximate surface area is 85.1 Å². The van der Waals surface area contributed by atoms with Crippen molar-refractivity contribution in [1.82, 2.24) is 0 Å². The summed E-state index contributed by atoms with van der Waals surface area (Å²) < 4.78 is 5.75. The zero-order chi connectivity index (χ0) is 9.86. The first-order valence-corrected chi connectivity index (χ1v) is 5.25. The van der Waals surface area contributed by atoms with Gasteiger partial charge >= 0.3 is 0 Å². The summed E-state index contributed by atoms with van der Waals surface area (Å²) in [5, 5.41) is 0. The molecule has 1 aliphatic carbocycles. The standard InChI is InChI=1S/C12H17NO/c13-12(8-4-5-9-12)14-10-11-6-2-1-3-7-11/h1-3,6-7H,4-5,8-10,13H2. The third-order valence-corrected chi connectivity index (χ3v) is 2.82. The predicted molar refractivity (Wildman–Crippen MR) is 56.6 cm³/mol. The molecule has 0 saturated heterocycles. The molecule has 14 heavy (non-hydrogen) atoms. The lowest BCUT2D eigenvalue weighted by Gasteiger charge is -2.24. The van der Waals surface area contributed by atoms with Crippen LogP contribution in [0.4, 0.5) is 0 Å². The minimum atomic E-state index is -0.351. The highest BCUT2D eigenvalue weighted by molar-refractivity contribution is 5.13. The molecule has 0 unspecified atom stereocenters. The number of ether oxygens (including phenoxy) is 1. The first kappa shape index (κ1) is 9.69. The van der Waals surface area contributed by atoms with Crippen molar-refractivity contribution in [3.05, 3.63) is 35.9 Å². The maximum Gasteiger partial charge on any atom is 0.117 e. The van der Waals surface area contributed by atoms with Gasteiger partial charge in [0.25, 0.3) is 0 Å². The summed E-state index contributed by atoms with van der Waals surface area (Å²) in [7, 11) is 0. The summed E-state index contributed by atoms with van der Waals surface area (Å²) in [6.45, 7) is 0.636. The predicted octanol–water partition coefficient (Wildman–Crippen LogP) is 2.43. The van der Waals surface area contributed by atoms with Crippen LogP contribution in [0.25, 0.3) is 0 Å². The van der Waals surface area contributed by atoms with Crippen LogP contribution >= 0.6 is 0 Å². The van der Waals surface area contributed by atoms with Gasteiger partial charge in [-0.3, -0.25) is 0 Å². The van der Waals surface area contributed by atoms with Crippen molar-refractivity contribution in [3.63, 3.8) is 0 Å². The van der Waals surface area contributed by atoms with Crippen molar-refractivity contribution in [2.75, 3.05) is 0 Å². The van der Waals surface area contributed by atoms with Gasteiger partial charge in [0.1, 0.15) is 5.72 Å². The number of nitrogens with two attached hydrogens (primary N) is 1. The Balaban J connectivity index is 1.88. The van der Waals surface area contributed by atoms with E-state index in [4.69, 9.17) is 10.5 Å². The molecule has 2 nitrogen and oxygen atoms in total. The van der Waals surface area contributed by atoms with Gasteiger partial charge in [0.05, 0.1) is 6.61 Å². The van der Waals surface area contributed by atoms with Crippen LogP contribution in [-0.4, -0.2) is 5.72 Å². The van der Waals surface area contributed by atoms with Gasteiger partial charge in [-0.15, -0.1) is 0 Å². The average Bonchev–Trinajstić information content (AvgIpc) is 2.65. The Morgan fingerprint density at radius 3 is 2.43 bits per heavy atom. The summed E-state index contributed by atoms with van der Waals surface area (Å²) in [4.78, 5) is 0. The quantitative estimate of drug-likeness (QED) is 0.745. The van der Waals surface area contributed by atoms with Crippen molar-refractivity contribution >= 4 is 0 Å². The minimum Gasteiger partial charge on any atom is -0.356 e. The van der Waals surface area contributed by atoms with Crippen molar-refractivity contribution in [3.8, 4) is 0 Å². The van der Waals surface area contributed by atoms with Gasteiger partial charge in [-0.25, -0.2) is 0 Å². The average molecular weight is 191 g/mol. The Bertz CT molecular complexity index is 278. The van der Waals surface area contributed by atoms with Crippen molar-refractivity contribution < 1.29 is 4.74 Å². The normalized spacial score (nSPS) is 19.8. The third kappa shape index (κ3) is 2.34. The van der Waals surface area contributed by atoms with E-state index in [2.05, 4.69) is 12.1 Å². The van der Waals surface area contributed by atoms with Crippen LogP contribution in [0.1, 0.15) is 31.2 Å². The fraction of sp³-hybridized carbons (Fsp3) is 0.500. The number of rotatable bonds is 3. The van der Waals surface area contributed by atoms with Gasteiger partial charge in [-0.05, 0) is 31.2 Å². The molecule has 1 aromatic rings. The lowest BCUT2D eigenvalue weighted by atomic mass is 10.2. The molecule has 0 amide bonds. The Morgan fingerprint density at radius 2 is 1.79 bits per heavy atom. The van der Waals surface area contributed by atoms with E-state index in [-0.39, 0.29) is 5.72 Å². The molecule has 0 aliphatic heterocycles. The van der Waals surface area contributed by atoms with Crippen LogP contribution in [-0.2, 0) is 11.3 Å². The van der Waals surface area contributed by atoms with Gasteiger partial charge in [0.2, 0.25) is 0 Å². The van der Waals surface area contributed by atoms with E-state index in [9.17, 15) is 0 Å². The first-order valence-electron chi connectivity index (χ1n) is 5.25. The van der Waals surface area contributed by atoms with E-state index < -0.39 is 0 Å². The van der Waals surface area contributed by atoms with Gasteiger partial charge in [0.15, 0.2) is 0 Å². The van der Waals surface area contributed by atoms with E-state index >= 15 is 0 Å². The molecule has 1 aromatic carbocycles. The fourth-order valence-corrected chi connectivity index (χ4v) is 1.92. The Hall–Kier alpha value is -0.860. The highest BCUT2D eigenvalue weighted by Gasteiger charge is 2.29. The molecule has 0 aromatic heterocycles. The zero-order valence-electron chi connectivity index (χ0n) is 8.41. The molecule has 2 rings (SSSR count). The second-order valence-electron chi connectivity index (χ2n) is 4.05. The molecule has 0 heterocycles. The fourth-order valence-electron chi connectivity index (χ4n) is 1.92. The molecular formula is C12H17NO. The molecule has 0 bridgehead atoms. The topological polar surface area (TPSA) is 35.2 Å². The van der Waals surface area contributed by atoms with Crippen LogP contribution in [0.3, 0.4) is 0 Å². The number of hydrogen-bond acceptors (Lipinski definition) is 2. The third-order valence-electron chi connectivity index (χ3n) is 2.82. The van der Waals surface area contributed by atoms with E-state index in [1.165, 1.54) is 18.4 Å². The van der Waals surface area contributed by atoms with Crippen LogP contribution in [0, 0.1) is 0 Å². The molecule has 2 heteroatoms. The number of hydrogen-bond donors (Lipinski definition) is 1. The minimum absolute atomic E-state index is 0.351. The first-order chi connectivity index (χ1) is 6.79. The molecule has 76 valence electrons. The molecule has 0 atom stereocenters. The van der Waals surface area contributed by atoms with Gasteiger partial charge in [-0.1, -0.05) is 30.3 Å². The molecule has 0 radical (unpaired) electrons. The maximum absolute atomic E-state index is 6.08. The summed E-state index contributed by atoms with van der Waals surface area (Å²) >= 11 is 0. The highest BCUT2D eigenvalue weighted by Crippen LogP contribution is 2.28. The highest BCUT2D eigenvalue weighted by atomic mass is 16.5. The van der Waals surface area contributed by atoms with Crippen LogP contribution in [0.5, 0.6) is 0 Å². The van der Waals surface area contributed by atoms with Crippen LogP contribution in [0.2, 0.25) is 0 Å². The number of benzene rings is 1. The maximum atomic E-state index is 6.08. The second-order valence-corrected chi connectivity index (χ2v) is 4.05. The van der Waals surface area contributed by atoms with Crippen molar-refractivity contribution in [1.29, 1.82) is 0 Å². The van der Waals surface area contributed by atoms with Gasteiger partial charge in [-0.2, -0.15) is 0 Å². The lowest BCUT2D eigenvalue weighted by molar-refractivity contribution is -0.0472.